The van der Waals surface area contributed by atoms with Crippen molar-refractivity contribution in [2.45, 2.75) is 92.4 Å². The first kappa shape index (κ1) is 29.0. The molecule has 0 radical (unpaired) electrons. The van der Waals surface area contributed by atoms with Crippen LogP contribution in [0.15, 0.2) is 30.3 Å². The number of carbonyl (C=O) groups excluding carboxylic acids is 2. The number of nitrogens with zero attached hydrogens (tertiary/aromatic N) is 1. The van der Waals surface area contributed by atoms with E-state index in [2.05, 4.69) is 33.0 Å². The van der Waals surface area contributed by atoms with Crippen LogP contribution in [0.2, 0.25) is 0 Å². The number of likely N-dealkylation sites (tertiary alicyclic amines) is 1. The highest BCUT2D eigenvalue weighted by Gasteiger charge is 2.46. The number of nitrogens with one attached hydrogen (secondary N) is 1. The van der Waals surface area contributed by atoms with E-state index >= 15 is 0 Å². The molecule has 2 amide bonds. The molecule has 1 saturated heterocycles. The fourth-order valence-electron chi connectivity index (χ4n) is 4.39. The lowest BCUT2D eigenvalue weighted by atomic mass is 9.69. The second kappa shape index (κ2) is 12.6. The second-order valence-corrected chi connectivity index (χ2v) is 11.8. The van der Waals surface area contributed by atoms with Crippen molar-refractivity contribution in [3.05, 3.63) is 35.9 Å². The number of hydrogen-bond acceptors (Lipinski definition) is 5. The van der Waals surface area contributed by atoms with E-state index in [1.807, 2.05) is 56.0 Å². The Morgan fingerprint density at radius 1 is 1.11 bits per heavy atom. The average Bonchev–Trinajstić information content (AvgIpc) is 2.77. The van der Waals surface area contributed by atoms with Gasteiger partial charge in [0.1, 0.15) is 5.60 Å². The molecule has 1 N–H and O–H groups in total. The highest BCUT2D eigenvalue weighted by atomic mass is 16.6. The van der Waals surface area contributed by atoms with Crippen LogP contribution in [0.4, 0.5) is 9.59 Å². The molecule has 0 aliphatic carbocycles. The van der Waals surface area contributed by atoms with Gasteiger partial charge in [-0.15, -0.1) is 0 Å². The van der Waals surface area contributed by atoms with Gasteiger partial charge in [-0.1, -0.05) is 64.4 Å². The second-order valence-electron chi connectivity index (χ2n) is 11.8. The van der Waals surface area contributed by atoms with E-state index in [0.717, 1.165) is 18.4 Å². The maximum absolute atomic E-state index is 12.9. The van der Waals surface area contributed by atoms with E-state index in [-0.39, 0.29) is 23.0 Å². The summed E-state index contributed by atoms with van der Waals surface area (Å²) in [6.07, 6.45) is 2.55. The summed E-state index contributed by atoms with van der Waals surface area (Å²) < 4.78 is 17.3. The molecule has 7 nitrogen and oxygen atoms in total. The van der Waals surface area contributed by atoms with Gasteiger partial charge in [0.05, 0.1) is 19.8 Å². The van der Waals surface area contributed by atoms with Crippen LogP contribution < -0.4 is 5.32 Å². The summed E-state index contributed by atoms with van der Waals surface area (Å²) in [7, 11) is 0. The van der Waals surface area contributed by atoms with E-state index in [9.17, 15) is 9.59 Å². The lowest BCUT2D eigenvalue weighted by Crippen LogP contribution is -2.58. The molecule has 198 valence electrons. The fourth-order valence-corrected chi connectivity index (χ4v) is 4.39. The molecule has 1 aromatic rings. The Morgan fingerprint density at radius 2 is 1.80 bits per heavy atom. The van der Waals surface area contributed by atoms with Crippen molar-refractivity contribution in [1.29, 1.82) is 0 Å². The van der Waals surface area contributed by atoms with Crippen LogP contribution in [0.25, 0.3) is 0 Å². The summed E-state index contributed by atoms with van der Waals surface area (Å²) in [6, 6.07) is 10.0. The van der Waals surface area contributed by atoms with Crippen LogP contribution in [0.3, 0.4) is 0 Å². The highest BCUT2D eigenvalue weighted by molar-refractivity contribution is 5.69. The van der Waals surface area contributed by atoms with Crippen molar-refractivity contribution in [3.8, 4) is 0 Å². The van der Waals surface area contributed by atoms with Crippen LogP contribution >= 0.6 is 0 Å². The first-order valence-electron chi connectivity index (χ1n) is 12.9. The zero-order chi connectivity index (χ0) is 26.1. The molecule has 1 heterocycles. The van der Waals surface area contributed by atoms with E-state index in [0.29, 0.717) is 45.8 Å². The molecule has 0 aromatic heterocycles. The fraction of sp³-hybridized carbons (Fsp3) is 0.714. The van der Waals surface area contributed by atoms with Crippen molar-refractivity contribution < 1.29 is 23.8 Å². The van der Waals surface area contributed by atoms with E-state index < -0.39 is 11.7 Å². The van der Waals surface area contributed by atoms with Gasteiger partial charge in [0.15, 0.2) is 0 Å². The third-order valence-electron chi connectivity index (χ3n) is 6.37. The molecule has 1 fully saturated rings. The van der Waals surface area contributed by atoms with Gasteiger partial charge in [-0.05, 0) is 51.0 Å². The maximum Gasteiger partial charge on any atom is 0.410 e. The number of piperidine rings is 1. The molecule has 2 atom stereocenters. The predicted molar refractivity (Wildman–Crippen MR) is 138 cm³/mol. The molecule has 0 spiro atoms. The largest absolute Gasteiger partial charge is 0.449 e. The van der Waals surface area contributed by atoms with Crippen molar-refractivity contribution >= 4 is 12.2 Å². The first-order valence-corrected chi connectivity index (χ1v) is 12.9. The number of hydrogen-bond donors (Lipinski definition) is 1. The average molecular weight is 491 g/mol. The quantitative estimate of drug-likeness (QED) is 0.419. The Hall–Kier alpha value is -2.28. The monoisotopic (exact) mass is 490 g/mol. The Balaban J connectivity index is 2.17. The SMILES string of the molecule is CCCCOC(=O)N1CCC(CNC(=O)OC(C)(C)C)(COCc2ccccc2)CC1C(C)(C)C. The van der Waals surface area contributed by atoms with Crippen LogP contribution in [0, 0.1) is 10.8 Å². The topological polar surface area (TPSA) is 77.1 Å². The van der Waals surface area contributed by atoms with Gasteiger partial charge in [0, 0.05) is 24.5 Å². The number of benzene rings is 1. The molecule has 1 aliphatic rings. The van der Waals surface area contributed by atoms with Gasteiger partial charge in [-0.3, -0.25) is 0 Å². The summed E-state index contributed by atoms with van der Waals surface area (Å²) in [5.41, 5.74) is 0.0395. The minimum Gasteiger partial charge on any atom is -0.449 e. The van der Waals surface area contributed by atoms with Gasteiger partial charge < -0.3 is 24.4 Å². The minimum atomic E-state index is -0.569. The number of amides is 2. The number of rotatable bonds is 9. The normalized spacial score (nSPS) is 20.9. The van der Waals surface area contributed by atoms with Crippen LogP contribution in [0.1, 0.15) is 79.7 Å². The molecular weight excluding hydrogens is 444 g/mol. The van der Waals surface area contributed by atoms with E-state index in [1.54, 1.807) is 0 Å². The molecule has 1 aromatic carbocycles. The van der Waals surface area contributed by atoms with Crippen molar-refractivity contribution in [2.75, 3.05) is 26.3 Å². The lowest BCUT2D eigenvalue weighted by Gasteiger charge is -2.50. The summed E-state index contributed by atoms with van der Waals surface area (Å²) in [5, 5.41) is 2.98. The Labute approximate surface area is 211 Å². The van der Waals surface area contributed by atoms with E-state index in [4.69, 9.17) is 14.2 Å². The van der Waals surface area contributed by atoms with Gasteiger partial charge in [0.25, 0.3) is 0 Å². The summed E-state index contributed by atoms with van der Waals surface area (Å²) >= 11 is 0. The Bertz CT molecular complexity index is 800. The minimum absolute atomic E-state index is 0.0499. The van der Waals surface area contributed by atoms with Crippen LogP contribution in [0.5, 0.6) is 0 Å². The van der Waals surface area contributed by atoms with Gasteiger partial charge in [0.2, 0.25) is 0 Å². The zero-order valence-electron chi connectivity index (χ0n) is 22.8. The zero-order valence-corrected chi connectivity index (χ0v) is 22.8. The molecule has 2 rings (SSSR count). The Morgan fingerprint density at radius 3 is 2.40 bits per heavy atom. The number of unbranched alkanes of at least 4 members (excludes halogenated alkanes) is 1. The predicted octanol–water partition coefficient (Wildman–Crippen LogP) is 6.16. The molecule has 1 aliphatic heterocycles. The van der Waals surface area contributed by atoms with Crippen LogP contribution in [-0.4, -0.2) is 55.0 Å². The van der Waals surface area contributed by atoms with Crippen molar-refractivity contribution in [2.24, 2.45) is 10.8 Å². The molecule has 7 heteroatoms. The standard InChI is InChI=1S/C28H46N2O5/c1-8-9-17-34-25(32)30-16-15-28(18-23(30)26(2,3)4,20-29-24(31)35-27(5,6)7)21-33-19-22-13-11-10-12-14-22/h10-14,23H,8-9,15-21H2,1-7H3,(H,29,31). The molecule has 0 saturated carbocycles. The van der Waals surface area contributed by atoms with Gasteiger partial charge in [-0.2, -0.15) is 0 Å². The van der Waals surface area contributed by atoms with Gasteiger partial charge >= 0.3 is 12.2 Å². The van der Waals surface area contributed by atoms with Crippen molar-refractivity contribution in [3.63, 3.8) is 0 Å². The third-order valence-corrected chi connectivity index (χ3v) is 6.37. The van der Waals surface area contributed by atoms with Gasteiger partial charge in [-0.25, -0.2) is 9.59 Å². The molecule has 35 heavy (non-hydrogen) atoms. The molecule has 2 unspecified atom stereocenters. The number of carbonyl (C=O) groups is 2. The first-order chi connectivity index (χ1) is 16.4. The third kappa shape index (κ3) is 9.71. The highest BCUT2D eigenvalue weighted by Crippen LogP contribution is 2.42. The number of ether oxygens (including phenoxy) is 3. The molecular formula is C28H46N2O5. The maximum atomic E-state index is 12.9. The summed E-state index contributed by atoms with van der Waals surface area (Å²) in [5.74, 6) is 0. The summed E-state index contributed by atoms with van der Waals surface area (Å²) in [6.45, 7) is 16.4. The Kier molecular flexibility index (Phi) is 10.4. The van der Waals surface area contributed by atoms with Crippen LogP contribution in [-0.2, 0) is 20.8 Å². The summed E-state index contributed by atoms with van der Waals surface area (Å²) in [4.78, 5) is 27.3. The van der Waals surface area contributed by atoms with E-state index in [1.165, 1.54) is 0 Å². The lowest BCUT2D eigenvalue weighted by molar-refractivity contribution is -0.0501. The molecule has 0 bridgehead atoms. The number of alkyl carbamates (subject to hydrolysis) is 1. The van der Waals surface area contributed by atoms with Crippen molar-refractivity contribution in [1.82, 2.24) is 10.2 Å². The smallest absolute Gasteiger partial charge is 0.410 e.